The van der Waals surface area contributed by atoms with Crippen LogP contribution >= 0.6 is 23.2 Å². The van der Waals surface area contributed by atoms with Gasteiger partial charge in [-0.15, -0.1) is 0 Å². The van der Waals surface area contributed by atoms with Crippen molar-refractivity contribution in [2.75, 3.05) is 11.1 Å². The summed E-state index contributed by atoms with van der Waals surface area (Å²) in [5.41, 5.74) is 6.83. The molecule has 17 heavy (non-hydrogen) atoms. The Bertz CT molecular complexity index is 514. The van der Waals surface area contributed by atoms with Crippen molar-refractivity contribution in [1.82, 2.24) is 0 Å². The Hall–Kier alpha value is -1.32. The van der Waals surface area contributed by atoms with Gasteiger partial charge in [-0.2, -0.15) is 0 Å². The fourth-order valence-electron chi connectivity index (χ4n) is 1.52. The molecule has 1 heterocycles. The highest BCUT2D eigenvalue weighted by Crippen LogP contribution is 2.33. The number of hydrogen-bond acceptors (Lipinski definition) is 3. The van der Waals surface area contributed by atoms with Gasteiger partial charge in [0, 0.05) is 5.69 Å². The van der Waals surface area contributed by atoms with Gasteiger partial charge in [-0.3, -0.25) is 0 Å². The highest BCUT2D eigenvalue weighted by atomic mass is 35.5. The molecule has 0 atom stereocenters. The average molecular weight is 271 g/mol. The van der Waals surface area contributed by atoms with Crippen LogP contribution in [0, 0.1) is 6.92 Å². The first-order chi connectivity index (χ1) is 8.06. The van der Waals surface area contributed by atoms with Crippen molar-refractivity contribution in [3.63, 3.8) is 0 Å². The summed E-state index contributed by atoms with van der Waals surface area (Å²) in [7, 11) is 0. The third-order valence-corrected chi connectivity index (χ3v) is 2.90. The smallest absolute Gasteiger partial charge is 0.123 e. The van der Waals surface area contributed by atoms with Gasteiger partial charge >= 0.3 is 0 Å². The van der Waals surface area contributed by atoms with Gasteiger partial charge in [-0.1, -0.05) is 23.2 Å². The maximum atomic E-state index is 6.05. The van der Waals surface area contributed by atoms with Crippen LogP contribution in [0.2, 0.25) is 10.0 Å². The van der Waals surface area contributed by atoms with E-state index in [1.807, 2.05) is 19.1 Å². The second kappa shape index (κ2) is 4.90. The first-order valence-corrected chi connectivity index (χ1v) is 5.85. The molecule has 2 rings (SSSR count). The highest BCUT2D eigenvalue weighted by Gasteiger charge is 2.07. The molecule has 0 spiro atoms. The normalized spacial score (nSPS) is 10.5. The molecule has 3 N–H and O–H groups in total. The van der Waals surface area contributed by atoms with E-state index in [9.17, 15) is 0 Å². The molecule has 2 aromatic rings. The Labute approximate surface area is 110 Å². The third-order valence-electron chi connectivity index (χ3n) is 2.30. The van der Waals surface area contributed by atoms with Gasteiger partial charge in [0.15, 0.2) is 0 Å². The van der Waals surface area contributed by atoms with Crippen molar-refractivity contribution in [3.8, 4) is 0 Å². The number of halogens is 2. The van der Waals surface area contributed by atoms with Crippen molar-refractivity contribution < 1.29 is 4.42 Å². The van der Waals surface area contributed by atoms with E-state index in [0.717, 1.165) is 11.5 Å². The molecule has 0 saturated heterocycles. The lowest BCUT2D eigenvalue weighted by atomic mass is 10.2. The number of hydrogen-bond donors (Lipinski definition) is 2. The molecule has 3 nitrogen and oxygen atoms in total. The largest absolute Gasteiger partial charge is 0.465 e. The van der Waals surface area contributed by atoms with Crippen molar-refractivity contribution in [2.45, 2.75) is 13.5 Å². The Balaban J connectivity index is 2.14. The maximum Gasteiger partial charge on any atom is 0.123 e. The molecule has 0 saturated carbocycles. The Morgan fingerprint density at radius 2 is 1.88 bits per heavy atom. The molecule has 1 aromatic carbocycles. The molecule has 1 aromatic heterocycles. The van der Waals surface area contributed by atoms with Crippen LogP contribution in [0.3, 0.4) is 0 Å². The Morgan fingerprint density at radius 3 is 2.41 bits per heavy atom. The number of nitrogen functional groups attached to an aromatic ring is 1. The third kappa shape index (κ3) is 2.87. The number of nitrogens with two attached hydrogens (primary N) is 1. The predicted molar refractivity (Wildman–Crippen MR) is 71.6 cm³/mol. The van der Waals surface area contributed by atoms with E-state index >= 15 is 0 Å². The molecular formula is C12H12Cl2N2O. The lowest BCUT2D eigenvalue weighted by Gasteiger charge is -2.10. The van der Waals surface area contributed by atoms with Gasteiger partial charge in [0.25, 0.3) is 0 Å². The standard InChI is InChI=1S/C12H12Cl2N2O/c1-7-2-3-9(17-7)6-16-12-10(13)4-8(15)5-11(12)14/h2-5,16H,6,15H2,1H3. The fraction of sp³-hybridized carbons (Fsp3) is 0.167. The van der Waals surface area contributed by atoms with Gasteiger partial charge in [-0.05, 0) is 31.2 Å². The summed E-state index contributed by atoms with van der Waals surface area (Å²) >= 11 is 12.1. The summed E-state index contributed by atoms with van der Waals surface area (Å²) in [6.45, 7) is 2.42. The first-order valence-electron chi connectivity index (χ1n) is 5.10. The molecule has 90 valence electrons. The van der Waals surface area contributed by atoms with E-state index in [2.05, 4.69) is 5.32 Å². The number of rotatable bonds is 3. The molecule has 0 radical (unpaired) electrons. The van der Waals surface area contributed by atoms with Crippen LogP contribution in [0.5, 0.6) is 0 Å². The van der Waals surface area contributed by atoms with Gasteiger partial charge in [0.05, 0.1) is 22.3 Å². The highest BCUT2D eigenvalue weighted by molar-refractivity contribution is 6.39. The van der Waals surface area contributed by atoms with Gasteiger partial charge in [0.2, 0.25) is 0 Å². The number of furan rings is 1. The van der Waals surface area contributed by atoms with Gasteiger partial charge in [-0.25, -0.2) is 0 Å². The zero-order valence-corrected chi connectivity index (χ0v) is 10.8. The molecule has 0 bridgehead atoms. The lowest BCUT2D eigenvalue weighted by molar-refractivity contribution is 0.490. The first kappa shape index (κ1) is 12.1. The van der Waals surface area contributed by atoms with Crippen molar-refractivity contribution in [3.05, 3.63) is 45.8 Å². The van der Waals surface area contributed by atoms with Crippen LogP contribution in [-0.4, -0.2) is 0 Å². The predicted octanol–water partition coefficient (Wildman–Crippen LogP) is 4.09. The van der Waals surface area contributed by atoms with E-state index in [-0.39, 0.29) is 0 Å². The van der Waals surface area contributed by atoms with Gasteiger partial charge < -0.3 is 15.5 Å². The van der Waals surface area contributed by atoms with Crippen molar-refractivity contribution in [1.29, 1.82) is 0 Å². The van der Waals surface area contributed by atoms with Crippen molar-refractivity contribution in [2.24, 2.45) is 0 Å². The van der Waals surface area contributed by atoms with E-state index in [1.165, 1.54) is 0 Å². The average Bonchev–Trinajstić information content (AvgIpc) is 2.62. The summed E-state index contributed by atoms with van der Waals surface area (Å²) in [5.74, 6) is 1.70. The second-order valence-electron chi connectivity index (χ2n) is 3.73. The topological polar surface area (TPSA) is 51.2 Å². The van der Waals surface area contributed by atoms with Crippen LogP contribution in [0.15, 0.2) is 28.7 Å². The fourth-order valence-corrected chi connectivity index (χ4v) is 2.15. The lowest BCUT2D eigenvalue weighted by Crippen LogP contribution is -2.00. The monoisotopic (exact) mass is 270 g/mol. The van der Waals surface area contributed by atoms with Crippen LogP contribution in [0.25, 0.3) is 0 Å². The Kier molecular flexibility index (Phi) is 3.50. The van der Waals surface area contributed by atoms with Gasteiger partial charge in [0.1, 0.15) is 11.5 Å². The van der Waals surface area contributed by atoms with E-state index in [1.54, 1.807) is 12.1 Å². The van der Waals surface area contributed by atoms with Crippen LogP contribution < -0.4 is 11.1 Å². The van der Waals surface area contributed by atoms with E-state index in [0.29, 0.717) is 28.0 Å². The molecule has 0 fully saturated rings. The van der Waals surface area contributed by atoms with Crippen LogP contribution in [0.4, 0.5) is 11.4 Å². The van der Waals surface area contributed by atoms with Crippen LogP contribution in [0.1, 0.15) is 11.5 Å². The molecular weight excluding hydrogens is 259 g/mol. The molecule has 0 amide bonds. The summed E-state index contributed by atoms with van der Waals surface area (Å²) < 4.78 is 5.44. The molecule has 5 heteroatoms. The molecule has 0 aliphatic carbocycles. The summed E-state index contributed by atoms with van der Waals surface area (Å²) in [5, 5.41) is 4.12. The number of anilines is 2. The van der Waals surface area contributed by atoms with Crippen LogP contribution in [-0.2, 0) is 6.54 Å². The zero-order chi connectivity index (χ0) is 12.4. The minimum Gasteiger partial charge on any atom is -0.465 e. The number of benzene rings is 1. The molecule has 0 aliphatic heterocycles. The quantitative estimate of drug-likeness (QED) is 0.826. The summed E-state index contributed by atoms with van der Waals surface area (Å²) in [4.78, 5) is 0. The minimum absolute atomic E-state index is 0.498. The SMILES string of the molecule is Cc1ccc(CNc2c(Cl)cc(N)cc2Cl)o1. The zero-order valence-electron chi connectivity index (χ0n) is 9.26. The second-order valence-corrected chi connectivity index (χ2v) is 4.54. The summed E-state index contributed by atoms with van der Waals surface area (Å²) in [6, 6.07) is 7.12. The summed E-state index contributed by atoms with van der Waals surface area (Å²) in [6.07, 6.45) is 0. The minimum atomic E-state index is 0.498. The molecule has 0 aliphatic rings. The number of nitrogens with one attached hydrogen (secondary N) is 1. The molecule has 0 unspecified atom stereocenters. The Morgan fingerprint density at radius 1 is 1.24 bits per heavy atom. The van der Waals surface area contributed by atoms with Crippen molar-refractivity contribution >= 4 is 34.6 Å². The number of aryl methyl sites for hydroxylation is 1. The van der Waals surface area contributed by atoms with E-state index in [4.69, 9.17) is 33.4 Å². The van der Waals surface area contributed by atoms with E-state index < -0.39 is 0 Å². The maximum absolute atomic E-state index is 6.05.